The molecule has 0 atom stereocenters. The summed E-state index contributed by atoms with van der Waals surface area (Å²) in [6, 6.07) is 12.0. The van der Waals surface area contributed by atoms with Gasteiger partial charge >= 0.3 is 6.61 Å². The van der Waals surface area contributed by atoms with Gasteiger partial charge in [-0.2, -0.15) is 8.78 Å². The highest BCUT2D eigenvalue weighted by Gasteiger charge is 2.15. The average Bonchev–Trinajstić information content (AvgIpc) is 3.19. The number of halogens is 4. The Morgan fingerprint density at radius 3 is 2.63 bits per heavy atom. The van der Waals surface area contributed by atoms with Crippen LogP contribution in [-0.2, 0) is 6.61 Å². The zero-order valence-electron chi connectivity index (χ0n) is 15.5. The Morgan fingerprint density at radius 1 is 1.10 bits per heavy atom. The molecule has 1 aromatic heterocycles. The molecule has 3 rings (SSSR count). The third kappa shape index (κ3) is 5.34. The minimum Gasteiger partial charge on any atom is -0.493 e. The van der Waals surface area contributed by atoms with Crippen molar-refractivity contribution in [2.75, 3.05) is 12.4 Å². The van der Waals surface area contributed by atoms with Gasteiger partial charge in [0.25, 0.3) is 5.91 Å². The van der Waals surface area contributed by atoms with Crippen LogP contribution in [0.2, 0.25) is 10.0 Å². The Morgan fingerprint density at radius 2 is 1.90 bits per heavy atom. The number of ether oxygens (including phenoxy) is 3. The maximum absolute atomic E-state index is 12.4. The molecule has 1 amide bonds. The normalized spacial score (nSPS) is 10.7. The number of alkyl halides is 2. The Hall–Kier alpha value is -2.97. The van der Waals surface area contributed by atoms with Gasteiger partial charge in [0.2, 0.25) is 0 Å². The summed E-state index contributed by atoms with van der Waals surface area (Å²) in [6.45, 7) is -2.97. The van der Waals surface area contributed by atoms with E-state index in [1.54, 1.807) is 24.3 Å². The van der Waals surface area contributed by atoms with Crippen LogP contribution in [0.4, 0.5) is 14.5 Å². The lowest BCUT2D eigenvalue weighted by molar-refractivity contribution is -0.0512. The van der Waals surface area contributed by atoms with E-state index in [2.05, 4.69) is 10.1 Å². The molecule has 0 saturated heterocycles. The van der Waals surface area contributed by atoms with Crippen molar-refractivity contribution >= 4 is 34.8 Å². The number of carbonyl (C=O) groups is 1. The van der Waals surface area contributed by atoms with Gasteiger partial charge in [0, 0.05) is 11.8 Å². The van der Waals surface area contributed by atoms with Crippen LogP contribution in [0, 0.1) is 0 Å². The second kappa shape index (κ2) is 9.69. The maximum atomic E-state index is 12.4. The van der Waals surface area contributed by atoms with E-state index in [1.807, 2.05) is 0 Å². The molecule has 0 aliphatic heterocycles. The summed E-state index contributed by atoms with van der Waals surface area (Å²) in [5.41, 5.74) is 0.304. The molecule has 0 aliphatic rings. The number of nitrogens with one attached hydrogen (secondary N) is 1. The van der Waals surface area contributed by atoms with Crippen molar-refractivity contribution in [2.45, 2.75) is 13.2 Å². The fourth-order valence-corrected chi connectivity index (χ4v) is 2.80. The smallest absolute Gasteiger partial charge is 0.387 e. The fraction of sp³-hybridized carbons (Fsp3) is 0.150. The molecule has 3 aromatic rings. The number of hydrogen-bond acceptors (Lipinski definition) is 5. The maximum Gasteiger partial charge on any atom is 0.387 e. The van der Waals surface area contributed by atoms with Crippen LogP contribution in [0.5, 0.6) is 17.2 Å². The number of methoxy groups -OCH3 is 1. The van der Waals surface area contributed by atoms with Crippen LogP contribution in [0.1, 0.15) is 16.3 Å². The quantitative estimate of drug-likeness (QED) is 0.447. The second-order valence-corrected chi connectivity index (χ2v) is 6.59. The zero-order valence-corrected chi connectivity index (χ0v) is 17.0. The summed E-state index contributed by atoms with van der Waals surface area (Å²) in [5.74, 6) is 0.131. The minimum absolute atomic E-state index is 0.0256. The lowest BCUT2D eigenvalue weighted by atomic mass is 10.2. The lowest BCUT2D eigenvalue weighted by Gasteiger charge is -2.11. The van der Waals surface area contributed by atoms with Crippen molar-refractivity contribution in [3.8, 4) is 17.2 Å². The number of hydrogen-bond donors (Lipinski definition) is 1. The molecular weight excluding hydrogens is 443 g/mol. The summed E-state index contributed by atoms with van der Waals surface area (Å²) in [7, 11) is 1.30. The van der Waals surface area contributed by atoms with Gasteiger partial charge in [0.05, 0.1) is 12.1 Å². The van der Waals surface area contributed by atoms with Crippen molar-refractivity contribution < 1.29 is 32.2 Å². The molecule has 2 aromatic carbocycles. The predicted molar refractivity (Wildman–Crippen MR) is 107 cm³/mol. The van der Waals surface area contributed by atoms with Gasteiger partial charge in [-0.15, -0.1) is 0 Å². The summed E-state index contributed by atoms with van der Waals surface area (Å²) in [5, 5.41) is 3.21. The van der Waals surface area contributed by atoms with Crippen molar-refractivity contribution in [1.82, 2.24) is 0 Å². The third-order valence-electron chi connectivity index (χ3n) is 3.81. The fourth-order valence-electron chi connectivity index (χ4n) is 2.45. The van der Waals surface area contributed by atoms with Crippen LogP contribution < -0.4 is 19.5 Å². The van der Waals surface area contributed by atoms with E-state index in [1.165, 1.54) is 31.4 Å². The summed E-state index contributed by atoms with van der Waals surface area (Å²) >= 11 is 12.0. The molecule has 0 spiro atoms. The van der Waals surface area contributed by atoms with Gasteiger partial charge < -0.3 is 23.9 Å². The van der Waals surface area contributed by atoms with Crippen LogP contribution >= 0.6 is 23.2 Å². The van der Waals surface area contributed by atoms with Crippen molar-refractivity contribution in [3.63, 3.8) is 0 Å². The standard InChI is InChI=1S/C20H15Cl2F2NO5/c1-27-17-9-11(5-7-14(17)30-20(23)24)25-19(26)16-8-6-12(29-16)10-28-15-4-2-3-13(21)18(15)22/h2-9,20H,10H2,1H3,(H,25,26). The molecule has 158 valence electrons. The number of carbonyl (C=O) groups excluding carboxylic acids is 1. The van der Waals surface area contributed by atoms with E-state index in [-0.39, 0.29) is 28.9 Å². The highest BCUT2D eigenvalue weighted by Crippen LogP contribution is 2.33. The van der Waals surface area contributed by atoms with Crippen molar-refractivity contribution in [2.24, 2.45) is 0 Å². The Kier molecular flexibility index (Phi) is 7.02. The monoisotopic (exact) mass is 457 g/mol. The highest BCUT2D eigenvalue weighted by molar-refractivity contribution is 6.42. The van der Waals surface area contributed by atoms with E-state index in [0.717, 1.165) is 0 Å². The molecule has 0 aliphatic carbocycles. The third-order valence-corrected chi connectivity index (χ3v) is 4.61. The molecular formula is C20H15Cl2F2NO5. The number of amides is 1. The number of rotatable bonds is 8. The topological polar surface area (TPSA) is 69.9 Å². The van der Waals surface area contributed by atoms with Gasteiger partial charge in [-0.05, 0) is 36.4 Å². The molecule has 10 heteroatoms. The van der Waals surface area contributed by atoms with Gasteiger partial charge in [-0.25, -0.2) is 0 Å². The summed E-state index contributed by atoms with van der Waals surface area (Å²) in [6.07, 6.45) is 0. The first-order valence-electron chi connectivity index (χ1n) is 8.47. The number of anilines is 1. The van der Waals surface area contributed by atoms with Crippen molar-refractivity contribution in [1.29, 1.82) is 0 Å². The molecule has 6 nitrogen and oxygen atoms in total. The van der Waals surface area contributed by atoms with E-state index in [4.69, 9.17) is 37.1 Å². The first kappa shape index (κ1) is 21.7. The number of benzene rings is 2. The number of furan rings is 1. The van der Waals surface area contributed by atoms with Crippen LogP contribution in [0.3, 0.4) is 0 Å². The van der Waals surface area contributed by atoms with Gasteiger partial charge in [0.15, 0.2) is 17.3 Å². The van der Waals surface area contributed by atoms with Gasteiger partial charge in [-0.3, -0.25) is 4.79 Å². The van der Waals surface area contributed by atoms with E-state index in [0.29, 0.717) is 22.2 Å². The Balaban J connectivity index is 1.64. The minimum atomic E-state index is -3.00. The zero-order chi connectivity index (χ0) is 21.7. The largest absolute Gasteiger partial charge is 0.493 e. The first-order valence-corrected chi connectivity index (χ1v) is 9.22. The molecule has 0 unspecified atom stereocenters. The van der Waals surface area contributed by atoms with E-state index in [9.17, 15) is 13.6 Å². The molecule has 0 saturated carbocycles. The predicted octanol–water partition coefficient (Wildman–Crippen LogP) is 6.03. The highest BCUT2D eigenvalue weighted by atomic mass is 35.5. The SMILES string of the molecule is COc1cc(NC(=O)c2ccc(COc3cccc(Cl)c3Cl)o2)ccc1OC(F)F. The lowest BCUT2D eigenvalue weighted by Crippen LogP contribution is -2.11. The van der Waals surface area contributed by atoms with Gasteiger partial charge in [-0.1, -0.05) is 29.3 Å². The molecule has 0 radical (unpaired) electrons. The second-order valence-electron chi connectivity index (χ2n) is 5.80. The molecule has 0 bridgehead atoms. The van der Waals surface area contributed by atoms with Crippen LogP contribution in [0.15, 0.2) is 52.9 Å². The molecule has 1 heterocycles. The van der Waals surface area contributed by atoms with Crippen molar-refractivity contribution in [3.05, 3.63) is 70.1 Å². The van der Waals surface area contributed by atoms with Crippen LogP contribution in [-0.4, -0.2) is 19.6 Å². The molecule has 0 fully saturated rings. The van der Waals surface area contributed by atoms with Gasteiger partial charge in [0.1, 0.15) is 23.1 Å². The summed E-state index contributed by atoms with van der Waals surface area (Å²) in [4.78, 5) is 12.4. The average molecular weight is 458 g/mol. The van der Waals surface area contributed by atoms with E-state index >= 15 is 0 Å². The molecule has 1 N–H and O–H groups in total. The van der Waals surface area contributed by atoms with Crippen LogP contribution in [0.25, 0.3) is 0 Å². The molecule has 30 heavy (non-hydrogen) atoms. The Labute approximate surface area is 180 Å². The first-order chi connectivity index (χ1) is 14.4. The summed E-state index contributed by atoms with van der Waals surface area (Å²) < 4.78 is 45.2. The van der Waals surface area contributed by atoms with E-state index < -0.39 is 12.5 Å². The Bertz CT molecular complexity index is 1040.